The van der Waals surface area contributed by atoms with Gasteiger partial charge in [0.2, 0.25) is 0 Å². The van der Waals surface area contributed by atoms with E-state index in [1.54, 1.807) is 13.1 Å². The second kappa shape index (κ2) is 7.92. The standard InChI is InChI=1S/C16H19BrN4O2/c1-11(22)7-9-21-10-8-18-15(21)12(2)19-16(23)20-14-5-3-13(17)4-6-14/h3-6,8,10,12H,7,9H2,1-2H3,(H2,19,20,23). The maximum atomic E-state index is 12.1. The molecule has 2 N–H and O–H groups in total. The van der Waals surface area contributed by atoms with Gasteiger partial charge in [0.25, 0.3) is 0 Å². The molecule has 1 atom stereocenters. The Bertz CT molecular complexity index is 682. The molecule has 2 rings (SSSR count). The van der Waals surface area contributed by atoms with Crippen LogP contribution in [0.2, 0.25) is 0 Å². The van der Waals surface area contributed by atoms with Crippen LogP contribution in [0.1, 0.15) is 32.1 Å². The number of halogens is 1. The van der Waals surface area contributed by atoms with Gasteiger partial charge in [-0.05, 0) is 38.1 Å². The van der Waals surface area contributed by atoms with E-state index in [2.05, 4.69) is 31.5 Å². The Morgan fingerprint density at radius 3 is 2.65 bits per heavy atom. The third kappa shape index (κ3) is 5.21. The molecule has 6 nitrogen and oxygen atoms in total. The topological polar surface area (TPSA) is 76.0 Å². The molecule has 7 heteroatoms. The minimum Gasteiger partial charge on any atom is -0.333 e. The number of urea groups is 1. The first-order chi connectivity index (χ1) is 11.0. The van der Waals surface area contributed by atoms with Crippen molar-refractivity contribution < 1.29 is 9.59 Å². The number of aromatic nitrogens is 2. The van der Waals surface area contributed by atoms with Crippen LogP contribution >= 0.6 is 15.9 Å². The zero-order valence-corrected chi connectivity index (χ0v) is 14.6. The molecular formula is C16H19BrN4O2. The fraction of sp³-hybridized carbons (Fsp3) is 0.312. The Morgan fingerprint density at radius 1 is 1.30 bits per heavy atom. The Kier molecular flexibility index (Phi) is 5.92. The van der Waals surface area contributed by atoms with Gasteiger partial charge in [-0.1, -0.05) is 15.9 Å². The molecule has 1 heterocycles. The van der Waals surface area contributed by atoms with Crippen LogP contribution in [0.15, 0.2) is 41.1 Å². The number of aryl methyl sites for hydroxylation is 1. The number of hydrogen-bond acceptors (Lipinski definition) is 3. The zero-order valence-electron chi connectivity index (χ0n) is 13.0. The Hall–Kier alpha value is -2.15. The van der Waals surface area contributed by atoms with Crippen LogP contribution in [0, 0.1) is 0 Å². The quantitative estimate of drug-likeness (QED) is 0.807. The summed E-state index contributed by atoms with van der Waals surface area (Å²) >= 11 is 3.35. The summed E-state index contributed by atoms with van der Waals surface area (Å²) in [5.74, 6) is 0.843. The van der Waals surface area contributed by atoms with Gasteiger partial charge in [-0.3, -0.25) is 4.79 Å². The first-order valence-corrected chi connectivity index (χ1v) is 8.08. The number of benzene rings is 1. The Balaban J connectivity index is 1.94. The van der Waals surface area contributed by atoms with E-state index in [1.165, 1.54) is 0 Å². The highest BCUT2D eigenvalue weighted by Crippen LogP contribution is 2.15. The van der Waals surface area contributed by atoms with Crippen molar-refractivity contribution >= 4 is 33.4 Å². The number of nitrogens with one attached hydrogen (secondary N) is 2. The molecule has 0 spiro atoms. The number of hydrogen-bond donors (Lipinski definition) is 2. The summed E-state index contributed by atoms with van der Waals surface area (Å²) in [4.78, 5) is 27.4. The summed E-state index contributed by atoms with van der Waals surface area (Å²) in [5, 5.41) is 5.61. The lowest BCUT2D eigenvalue weighted by molar-refractivity contribution is -0.117. The van der Waals surface area contributed by atoms with Gasteiger partial charge in [0.05, 0.1) is 6.04 Å². The summed E-state index contributed by atoms with van der Waals surface area (Å²) in [6.07, 6.45) is 3.92. The molecule has 0 saturated carbocycles. The number of anilines is 1. The average molecular weight is 379 g/mol. The second-order valence-corrected chi connectivity index (χ2v) is 6.17. The molecule has 0 saturated heterocycles. The molecule has 1 unspecified atom stereocenters. The number of carbonyl (C=O) groups excluding carboxylic acids is 2. The predicted octanol–water partition coefficient (Wildman–Crippen LogP) is 3.51. The van der Waals surface area contributed by atoms with Crippen molar-refractivity contribution in [3.05, 3.63) is 47.0 Å². The molecule has 2 amide bonds. The third-order valence-electron chi connectivity index (χ3n) is 3.29. The summed E-state index contributed by atoms with van der Waals surface area (Å²) in [6.45, 7) is 3.97. The maximum absolute atomic E-state index is 12.1. The van der Waals surface area contributed by atoms with Crippen LogP contribution in [0.5, 0.6) is 0 Å². The molecule has 122 valence electrons. The van der Waals surface area contributed by atoms with Gasteiger partial charge >= 0.3 is 6.03 Å². The van der Waals surface area contributed by atoms with E-state index in [9.17, 15) is 9.59 Å². The molecule has 0 radical (unpaired) electrons. The van der Waals surface area contributed by atoms with Crippen LogP contribution < -0.4 is 10.6 Å². The van der Waals surface area contributed by atoms with Crippen LogP contribution in [-0.2, 0) is 11.3 Å². The van der Waals surface area contributed by atoms with E-state index >= 15 is 0 Å². The van der Waals surface area contributed by atoms with Gasteiger partial charge in [-0.25, -0.2) is 9.78 Å². The van der Waals surface area contributed by atoms with E-state index in [4.69, 9.17) is 0 Å². The summed E-state index contributed by atoms with van der Waals surface area (Å²) < 4.78 is 2.83. The van der Waals surface area contributed by atoms with Gasteiger partial charge in [-0.2, -0.15) is 0 Å². The van der Waals surface area contributed by atoms with Crippen molar-refractivity contribution in [1.29, 1.82) is 0 Å². The van der Waals surface area contributed by atoms with E-state index in [0.29, 0.717) is 18.7 Å². The molecule has 0 aliphatic rings. The molecule has 0 fully saturated rings. The van der Waals surface area contributed by atoms with E-state index < -0.39 is 0 Å². The van der Waals surface area contributed by atoms with E-state index in [0.717, 1.165) is 10.3 Å². The number of Topliss-reactive ketones (excluding diaryl/α,β-unsaturated/α-hetero) is 1. The number of nitrogens with zero attached hydrogens (tertiary/aromatic N) is 2. The average Bonchev–Trinajstić information content (AvgIpc) is 2.96. The van der Waals surface area contributed by atoms with Crippen molar-refractivity contribution in [2.75, 3.05) is 5.32 Å². The summed E-state index contributed by atoms with van der Waals surface area (Å²) in [5.41, 5.74) is 0.706. The van der Waals surface area contributed by atoms with Crippen LogP contribution in [0.25, 0.3) is 0 Å². The monoisotopic (exact) mass is 378 g/mol. The first kappa shape index (κ1) is 17.2. The molecular weight excluding hydrogens is 360 g/mol. The van der Waals surface area contributed by atoms with Gasteiger partial charge in [0.15, 0.2) is 0 Å². The molecule has 0 aliphatic heterocycles. The molecule has 23 heavy (non-hydrogen) atoms. The largest absolute Gasteiger partial charge is 0.333 e. The number of imidazole rings is 1. The minimum absolute atomic E-state index is 0.123. The number of ketones is 1. The molecule has 2 aromatic rings. The predicted molar refractivity (Wildman–Crippen MR) is 92.2 cm³/mol. The zero-order chi connectivity index (χ0) is 16.8. The lowest BCUT2D eigenvalue weighted by Gasteiger charge is -2.16. The van der Waals surface area contributed by atoms with Crippen molar-refractivity contribution in [3.63, 3.8) is 0 Å². The molecule has 1 aromatic heterocycles. The highest BCUT2D eigenvalue weighted by Gasteiger charge is 2.15. The fourth-order valence-corrected chi connectivity index (χ4v) is 2.39. The number of carbonyl (C=O) groups is 2. The van der Waals surface area contributed by atoms with Gasteiger partial charge < -0.3 is 15.2 Å². The molecule has 0 bridgehead atoms. The van der Waals surface area contributed by atoms with Crippen molar-refractivity contribution in [3.8, 4) is 0 Å². The van der Waals surface area contributed by atoms with E-state index in [1.807, 2.05) is 42.0 Å². The lowest BCUT2D eigenvalue weighted by atomic mass is 10.3. The van der Waals surface area contributed by atoms with Gasteiger partial charge in [0, 0.05) is 35.5 Å². The van der Waals surface area contributed by atoms with Crippen molar-refractivity contribution in [1.82, 2.24) is 14.9 Å². The number of amides is 2. The first-order valence-electron chi connectivity index (χ1n) is 7.29. The molecule has 1 aromatic carbocycles. The van der Waals surface area contributed by atoms with Crippen LogP contribution in [0.4, 0.5) is 10.5 Å². The second-order valence-electron chi connectivity index (χ2n) is 5.26. The van der Waals surface area contributed by atoms with E-state index in [-0.39, 0.29) is 17.9 Å². The Morgan fingerprint density at radius 2 is 2.00 bits per heavy atom. The highest BCUT2D eigenvalue weighted by atomic mass is 79.9. The summed E-state index contributed by atoms with van der Waals surface area (Å²) in [6, 6.07) is 6.75. The third-order valence-corrected chi connectivity index (χ3v) is 3.82. The smallest absolute Gasteiger partial charge is 0.319 e. The SMILES string of the molecule is CC(=O)CCn1ccnc1C(C)NC(=O)Nc1ccc(Br)cc1. The molecule has 0 aliphatic carbocycles. The minimum atomic E-state index is -0.305. The Labute approximate surface area is 143 Å². The fourth-order valence-electron chi connectivity index (χ4n) is 2.13. The summed E-state index contributed by atoms with van der Waals surface area (Å²) in [7, 11) is 0. The van der Waals surface area contributed by atoms with Gasteiger partial charge in [0.1, 0.15) is 11.6 Å². The van der Waals surface area contributed by atoms with Crippen LogP contribution in [0.3, 0.4) is 0 Å². The normalized spacial score (nSPS) is 11.8. The maximum Gasteiger partial charge on any atom is 0.319 e. The van der Waals surface area contributed by atoms with Crippen molar-refractivity contribution in [2.45, 2.75) is 32.9 Å². The van der Waals surface area contributed by atoms with Crippen LogP contribution in [-0.4, -0.2) is 21.4 Å². The highest BCUT2D eigenvalue weighted by molar-refractivity contribution is 9.10. The van der Waals surface area contributed by atoms with Gasteiger partial charge in [-0.15, -0.1) is 0 Å². The van der Waals surface area contributed by atoms with Crippen molar-refractivity contribution in [2.24, 2.45) is 0 Å². The lowest BCUT2D eigenvalue weighted by Crippen LogP contribution is -2.32. The number of rotatable bonds is 6.